The SMILES string of the molecule is Cn1cc(N)cc1C(=O)OCC(=O)NC1CCOCC1. The fraction of sp³-hybridized carbons (Fsp3) is 0.538. The minimum absolute atomic E-state index is 0.0978. The molecule has 0 unspecified atom stereocenters. The Labute approximate surface area is 117 Å². The molecule has 0 saturated carbocycles. The summed E-state index contributed by atoms with van der Waals surface area (Å²) in [6.07, 6.45) is 3.18. The third-order valence-electron chi connectivity index (χ3n) is 3.16. The van der Waals surface area contributed by atoms with Gasteiger partial charge in [-0.05, 0) is 18.9 Å². The second-order valence-corrected chi connectivity index (χ2v) is 4.80. The van der Waals surface area contributed by atoms with Crippen LogP contribution < -0.4 is 11.1 Å². The summed E-state index contributed by atoms with van der Waals surface area (Å²) in [5.41, 5.74) is 6.38. The molecule has 0 bridgehead atoms. The minimum atomic E-state index is -0.564. The van der Waals surface area contributed by atoms with E-state index in [1.807, 2.05) is 0 Å². The average Bonchev–Trinajstić information content (AvgIpc) is 2.76. The van der Waals surface area contributed by atoms with Gasteiger partial charge in [-0.2, -0.15) is 0 Å². The summed E-state index contributed by atoms with van der Waals surface area (Å²) in [5, 5.41) is 2.82. The summed E-state index contributed by atoms with van der Waals surface area (Å²) in [5.74, 6) is -0.862. The normalized spacial score (nSPS) is 15.8. The molecule has 0 radical (unpaired) electrons. The number of ether oxygens (including phenoxy) is 2. The van der Waals surface area contributed by atoms with Crippen LogP contribution in [0.4, 0.5) is 5.69 Å². The zero-order valence-corrected chi connectivity index (χ0v) is 11.4. The lowest BCUT2D eigenvalue weighted by Gasteiger charge is -2.22. The van der Waals surface area contributed by atoms with Crippen LogP contribution in [-0.4, -0.2) is 42.3 Å². The Bertz CT molecular complexity index is 492. The van der Waals surface area contributed by atoms with E-state index in [0.717, 1.165) is 12.8 Å². The lowest BCUT2D eigenvalue weighted by Crippen LogP contribution is -2.41. The summed E-state index contributed by atoms with van der Waals surface area (Å²) >= 11 is 0. The molecule has 2 rings (SSSR count). The van der Waals surface area contributed by atoms with Gasteiger partial charge in [0.25, 0.3) is 5.91 Å². The van der Waals surface area contributed by atoms with E-state index < -0.39 is 5.97 Å². The molecule has 3 N–H and O–H groups in total. The van der Waals surface area contributed by atoms with E-state index >= 15 is 0 Å². The van der Waals surface area contributed by atoms with Gasteiger partial charge in [-0.15, -0.1) is 0 Å². The van der Waals surface area contributed by atoms with Gasteiger partial charge in [0, 0.05) is 32.5 Å². The van der Waals surface area contributed by atoms with Gasteiger partial charge in [0.15, 0.2) is 6.61 Å². The summed E-state index contributed by atoms with van der Waals surface area (Å²) in [4.78, 5) is 23.5. The van der Waals surface area contributed by atoms with Crippen molar-refractivity contribution in [2.75, 3.05) is 25.6 Å². The van der Waals surface area contributed by atoms with Crippen molar-refractivity contribution in [1.29, 1.82) is 0 Å². The monoisotopic (exact) mass is 281 g/mol. The van der Waals surface area contributed by atoms with Gasteiger partial charge in [-0.25, -0.2) is 4.79 Å². The number of aryl methyl sites for hydroxylation is 1. The standard InChI is InChI=1S/C13H19N3O4/c1-16-7-9(14)6-11(16)13(18)20-8-12(17)15-10-2-4-19-5-3-10/h6-7,10H,2-5,8,14H2,1H3,(H,15,17). The first kappa shape index (κ1) is 14.4. The van der Waals surface area contributed by atoms with E-state index in [-0.39, 0.29) is 18.6 Å². The number of rotatable bonds is 4. The van der Waals surface area contributed by atoms with Crippen LogP contribution in [0.25, 0.3) is 0 Å². The van der Waals surface area contributed by atoms with Crippen molar-refractivity contribution in [1.82, 2.24) is 9.88 Å². The number of nitrogens with zero attached hydrogens (tertiary/aromatic N) is 1. The number of nitrogens with one attached hydrogen (secondary N) is 1. The topological polar surface area (TPSA) is 95.6 Å². The molecule has 0 spiro atoms. The van der Waals surface area contributed by atoms with Gasteiger partial charge in [0.2, 0.25) is 0 Å². The maximum absolute atomic E-state index is 11.8. The smallest absolute Gasteiger partial charge is 0.355 e. The summed E-state index contributed by atoms with van der Waals surface area (Å²) < 4.78 is 11.7. The lowest BCUT2D eigenvalue weighted by atomic mass is 10.1. The number of hydrogen-bond acceptors (Lipinski definition) is 5. The van der Waals surface area contributed by atoms with Gasteiger partial charge in [-0.3, -0.25) is 4.79 Å². The maximum atomic E-state index is 11.8. The van der Waals surface area contributed by atoms with Crippen LogP contribution in [0.5, 0.6) is 0 Å². The largest absolute Gasteiger partial charge is 0.451 e. The fourth-order valence-corrected chi connectivity index (χ4v) is 2.11. The Hall–Kier alpha value is -2.02. The van der Waals surface area contributed by atoms with E-state index in [1.165, 1.54) is 6.07 Å². The summed E-state index contributed by atoms with van der Waals surface area (Å²) in [7, 11) is 1.69. The number of esters is 1. The van der Waals surface area contributed by atoms with Gasteiger partial charge < -0.3 is 25.1 Å². The highest BCUT2D eigenvalue weighted by Gasteiger charge is 2.18. The predicted octanol–water partition coefficient (Wildman–Crippen LogP) is 0.0593. The third kappa shape index (κ3) is 3.74. The van der Waals surface area contributed by atoms with Crippen LogP contribution >= 0.6 is 0 Å². The molecule has 0 aliphatic carbocycles. The van der Waals surface area contributed by atoms with E-state index in [9.17, 15) is 9.59 Å². The molecule has 1 amide bonds. The predicted molar refractivity (Wildman–Crippen MR) is 72.1 cm³/mol. The Morgan fingerprint density at radius 1 is 1.50 bits per heavy atom. The van der Waals surface area contributed by atoms with Crippen LogP contribution in [0, 0.1) is 0 Å². The maximum Gasteiger partial charge on any atom is 0.355 e. The van der Waals surface area contributed by atoms with Crippen LogP contribution in [0.1, 0.15) is 23.3 Å². The zero-order chi connectivity index (χ0) is 14.5. The molecule has 1 aliphatic heterocycles. The van der Waals surface area contributed by atoms with Crippen molar-refractivity contribution in [3.05, 3.63) is 18.0 Å². The van der Waals surface area contributed by atoms with Crippen molar-refractivity contribution in [3.8, 4) is 0 Å². The number of anilines is 1. The highest BCUT2D eigenvalue weighted by atomic mass is 16.5. The van der Waals surface area contributed by atoms with Crippen LogP contribution in [0.2, 0.25) is 0 Å². The van der Waals surface area contributed by atoms with Crippen LogP contribution in [0.15, 0.2) is 12.3 Å². The van der Waals surface area contributed by atoms with Crippen molar-refractivity contribution < 1.29 is 19.1 Å². The van der Waals surface area contributed by atoms with Gasteiger partial charge in [-0.1, -0.05) is 0 Å². The van der Waals surface area contributed by atoms with Crippen LogP contribution in [0.3, 0.4) is 0 Å². The molecule has 1 fully saturated rings. The molecule has 1 aromatic rings. The van der Waals surface area contributed by atoms with Crippen molar-refractivity contribution in [2.24, 2.45) is 7.05 Å². The number of carbonyl (C=O) groups is 2. The van der Waals surface area contributed by atoms with Gasteiger partial charge in [0.05, 0.1) is 5.69 Å². The second kappa shape index (κ2) is 6.42. The number of nitrogen functional groups attached to an aromatic ring is 1. The van der Waals surface area contributed by atoms with Crippen LogP contribution in [-0.2, 0) is 21.3 Å². The Morgan fingerprint density at radius 2 is 2.20 bits per heavy atom. The Balaban J connectivity index is 1.78. The highest BCUT2D eigenvalue weighted by molar-refractivity contribution is 5.91. The highest BCUT2D eigenvalue weighted by Crippen LogP contribution is 2.10. The van der Waals surface area contributed by atoms with Crippen molar-refractivity contribution in [3.63, 3.8) is 0 Å². The lowest BCUT2D eigenvalue weighted by molar-refractivity contribution is -0.125. The fourth-order valence-electron chi connectivity index (χ4n) is 2.11. The van der Waals surface area contributed by atoms with E-state index in [1.54, 1.807) is 17.8 Å². The average molecular weight is 281 g/mol. The first-order valence-corrected chi connectivity index (χ1v) is 6.52. The van der Waals surface area contributed by atoms with Crippen molar-refractivity contribution >= 4 is 17.6 Å². The van der Waals surface area contributed by atoms with Crippen molar-refractivity contribution in [2.45, 2.75) is 18.9 Å². The molecule has 1 aliphatic rings. The number of nitrogens with two attached hydrogens (primary N) is 1. The Kier molecular flexibility index (Phi) is 4.62. The molecule has 1 saturated heterocycles. The molecule has 2 heterocycles. The molecule has 7 nitrogen and oxygen atoms in total. The van der Waals surface area contributed by atoms with Gasteiger partial charge in [0.1, 0.15) is 5.69 Å². The molecule has 20 heavy (non-hydrogen) atoms. The molecule has 110 valence electrons. The molecule has 0 atom stereocenters. The summed E-state index contributed by atoms with van der Waals surface area (Å²) in [6.45, 7) is 1.00. The number of hydrogen-bond donors (Lipinski definition) is 2. The first-order valence-electron chi connectivity index (χ1n) is 6.52. The molecule has 7 heteroatoms. The number of amides is 1. The second-order valence-electron chi connectivity index (χ2n) is 4.80. The quantitative estimate of drug-likeness (QED) is 0.761. The molecule has 0 aromatic carbocycles. The summed E-state index contributed by atoms with van der Waals surface area (Å²) in [6, 6.07) is 1.61. The van der Waals surface area contributed by atoms with E-state index in [0.29, 0.717) is 24.6 Å². The minimum Gasteiger partial charge on any atom is -0.451 e. The number of carbonyl (C=O) groups excluding carboxylic acids is 2. The molecular weight excluding hydrogens is 262 g/mol. The number of aromatic nitrogens is 1. The van der Waals surface area contributed by atoms with Gasteiger partial charge >= 0.3 is 5.97 Å². The van der Waals surface area contributed by atoms with E-state index in [4.69, 9.17) is 15.2 Å². The molecule has 1 aromatic heterocycles. The molecular formula is C13H19N3O4. The zero-order valence-electron chi connectivity index (χ0n) is 11.4. The van der Waals surface area contributed by atoms with E-state index in [2.05, 4.69) is 5.32 Å². The first-order chi connectivity index (χ1) is 9.56. The third-order valence-corrected chi connectivity index (χ3v) is 3.16. The Morgan fingerprint density at radius 3 is 2.80 bits per heavy atom.